The van der Waals surface area contributed by atoms with Crippen molar-refractivity contribution in [2.24, 2.45) is 0 Å². The van der Waals surface area contributed by atoms with Gasteiger partial charge in [0.2, 0.25) is 0 Å². The number of benzene rings is 1. The van der Waals surface area contributed by atoms with Gasteiger partial charge in [0.15, 0.2) is 0 Å². The van der Waals surface area contributed by atoms with Gasteiger partial charge >= 0.3 is 6.03 Å². The molecule has 2 aromatic rings. The van der Waals surface area contributed by atoms with Crippen molar-refractivity contribution in [2.75, 3.05) is 19.3 Å². The molecule has 0 fully saturated rings. The lowest BCUT2D eigenvalue weighted by atomic mass is 10.2. The van der Waals surface area contributed by atoms with Crippen LogP contribution in [0.25, 0.3) is 0 Å². The SMILES string of the molecule is CN(Cc1ccco1)C(=O)NCC[S@@](=O)Cc1ccccc1. The molecule has 0 aliphatic heterocycles. The molecule has 2 amide bonds. The molecule has 1 aromatic heterocycles. The van der Waals surface area contributed by atoms with Gasteiger partial charge in [-0.25, -0.2) is 4.79 Å². The summed E-state index contributed by atoms with van der Waals surface area (Å²) >= 11 is 0. The monoisotopic (exact) mass is 320 g/mol. The minimum absolute atomic E-state index is 0.201. The summed E-state index contributed by atoms with van der Waals surface area (Å²) in [5, 5.41) is 2.76. The van der Waals surface area contributed by atoms with Crippen LogP contribution in [0.4, 0.5) is 4.79 Å². The van der Waals surface area contributed by atoms with Crippen LogP contribution in [0.1, 0.15) is 11.3 Å². The highest BCUT2D eigenvalue weighted by Gasteiger charge is 2.10. The second-order valence-corrected chi connectivity index (χ2v) is 6.52. The van der Waals surface area contributed by atoms with Crippen LogP contribution < -0.4 is 5.32 Å². The summed E-state index contributed by atoms with van der Waals surface area (Å²) in [6.07, 6.45) is 1.58. The summed E-state index contributed by atoms with van der Waals surface area (Å²) in [5.74, 6) is 1.68. The second kappa shape index (κ2) is 8.38. The van der Waals surface area contributed by atoms with Crippen molar-refractivity contribution in [3.63, 3.8) is 0 Å². The lowest BCUT2D eigenvalue weighted by Gasteiger charge is -2.16. The zero-order chi connectivity index (χ0) is 15.8. The van der Waals surface area contributed by atoms with E-state index in [1.165, 1.54) is 4.90 Å². The van der Waals surface area contributed by atoms with Crippen LogP contribution in [0.15, 0.2) is 53.1 Å². The van der Waals surface area contributed by atoms with Gasteiger partial charge < -0.3 is 14.6 Å². The number of hydrogen-bond acceptors (Lipinski definition) is 3. The molecule has 1 atom stereocenters. The maximum atomic E-state index is 12.0. The first-order valence-corrected chi connectivity index (χ1v) is 8.54. The third kappa shape index (κ3) is 5.37. The van der Waals surface area contributed by atoms with E-state index in [0.29, 0.717) is 24.6 Å². The van der Waals surface area contributed by atoms with Crippen LogP contribution >= 0.6 is 0 Å². The number of carbonyl (C=O) groups excluding carboxylic acids is 1. The predicted molar refractivity (Wildman–Crippen MR) is 86.7 cm³/mol. The molecule has 118 valence electrons. The quantitative estimate of drug-likeness (QED) is 0.852. The lowest BCUT2D eigenvalue weighted by molar-refractivity contribution is 0.203. The Labute approximate surface area is 132 Å². The highest BCUT2D eigenvalue weighted by Crippen LogP contribution is 2.04. The van der Waals surface area contributed by atoms with Gasteiger partial charge in [0.25, 0.3) is 0 Å². The zero-order valence-corrected chi connectivity index (χ0v) is 13.3. The third-order valence-electron chi connectivity index (χ3n) is 3.10. The summed E-state index contributed by atoms with van der Waals surface area (Å²) in [6.45, 7) is 0.798. The second-order valence-electron chi connectivity index (χ2n) is 4.94. The van der Waals surface area contributed by atoms with E-state index >= 15 is 0 Å². The molecule has 0 aliphatic rings. The van der Waals surface area contributed by atoms with Crippen molar-refractivity contribution >= 4 is 16.8 Å². The summed E-state index contributed by atoms with van der Waals surface area (Å²) in [7, 11) is 0.709. The van der Waals surface area contributed by atoms with E-state index in [0.717, 1.165) is 11.3 Å². The average Bonchev–Trinajstić information content (AvgIpc) is 3.01. The Bertz CT molecular complexity index is 599. The van der Waals surface area contributed by atoms with Gasteiger partial charge in [-0.15, -0.1) is 0 Å². The Morgan fingerprint density at radius 1 is 1.23 bits per heavy atom. The lowest BCUT2D eigenvalue weighted by Crippen LogP contribution is -2.38. The van der Waals surface area contributed by atoms with Crippen molar-refractivity contribution in [3.05, 3.63) is 60.1 Å². The molecular weight excluding hydrogens is 300 g/mol. The highest BCUT2D eigenvalue weighted by molar-refractivity contribution is 7.84. The average molecular weight is 320 g/mol. The first-order valence-electron chi connectivity index (χ1n) is 7.05. The molecule has 0 saturated carbocycles. The molecule has 0 unspecified atom stereocenters. The first-order chi connectivity index (χ1) is 10.6. The van der Waals surface area contributed by atoms with E-state index in [1.54, 1.807) is 19.4 Å². The largest absolute Gasteiger partial charge is 0.467 e. The molecule has 0 saturated heterocycles. The number of nitrogens with zero attached hydrogens (tertiary/aromatic N) is 1. The molecule has 0 bridgehead atoms. The summed E-state index contributed by atoms with van der Waals surface area (Å²) < 4.78 is 17.1. The molecule has 22 heavy (non-hydrogen) atoms. The van der Waals surface area contributed by atoms with E-state index in [9.17, 15) is 9.00 Å². The van der Waals surface area contributed by atoms with Crippen molar-refractivity contribution in [1.82, 2.24) is 10.2 Å². The van der Waals surface area contributed by atoms with Crippen LogP contribution in [-0.2, 0) is 23.1 Å². The molecule has 0 aliphatic carbocycles. The Hall–Kier alpha value is -2.08. The Morgan fingerprint density at radius 3 is 2.68 bits per heavy atom. The molecule has 5 nitrogen and oxygen atoms in total. The van der Waals surface area contributed by atoms with Gasteiger partial charge in [0.05, 0.1) is 12.8 Å². The van der Waals surface area contributed by atoms with Crippen molar-refractivity contribution in [3.8, 4) is 0 Å². The fourth-order valence-electron chi connectivity index (χ4n) is 1.95. The zero-order valence-electron chi connectivity index (χ0n) is 12.5. The van der Waals surface area contributed by atoms with Gasteiger partial charge in [0.1, 0.15) is 5.76 Å². The first kappa shape index (κ1) is 16.3. The van der Waals surface area contributed by atoms with Gasteiger partial charge in [-0.2, -0.15) is 0 Å². The predicted octanol–water partition coefficient (Wildman–Crippen LogP) is 2.37. The summed E-state index contributed by atoms with van der Waals surface area (Å²) in [6, 6.07) is 13.1. The smallest absolute Gasteiger partial charge is 0.317 e. The van der Waals surface area contributed by atoms with E-state index < -0.39 is 10.8 Å². The minimum Gasteiger partial charge on any atom is -0.467 e. The van der Waals surface area contributed by atoms with Crippen molar-refractivity contribution in [1.29, 1.82) is 0 Å². The van der Waals surface area contributed by atoms with Gasteiger partial charge in [-0.3, -0.25) is 4.21 Å². The highest BCUT2D eigenvalue weighted by atomic mass is 32.2. The molecule has 6 heteroatoms. The fraction of sp³-hybridized carbons (Fsp3) is 0.312. The van der Waals surface area contributed by atoms with Crippen molar-refractivity contribution in [2.45, 2.75) is 12.3 Å². The van der Waals surface area contributed by atoms with Crippen LogP contribution in [0.3, 0.4) is 0 Å². The molecule has 0 spiro atoms. The standard InChI is InChI=1S/C16H20N2O3S/c1-18(12-15-8-5-10-21-15)16(19)17-9-11-22(20)13-14-6-3-2-4-7-14/h2-8,10H,9,11-13H2,1H3,(H,17,19)/t22-/m1/s1. The maximum absolute atomic E-state index is 12.0. The molecule has 1 N–H and O–H groups in total. The Kier molecular flexibility index (Phi) is 6.21. The van der Waals surface area contributed by atoms with E-state index in [2.05, 4.69) is 5.32 Å². The van der Waals surface area contributed by atoms with Gasteiger partial charge in [-0.1, -0.05) is 30.3 Å². The van der Waals surface area contributed by atoms with Crippen molar-refractivity contribution < 1.29 is 13.4 Å². The van der Waals surface area contributed by atoms with E-state index in [1.807, 2.05) is 36.4 Å². The van der Waals surface area contributed by atoms with Crippen LogP contribution in [0.2, 0.25) is 0 Å². The number of furan rings is 1. The number of nitrogens with one attached hydrogen (secondary N) is 1. The Morgan fingerprint density at radius 2 is 2.00 bits per heavy atom. The number of amides is 2. The topological polar surface area (TPSA) is 62.6 Å². The number of carbonyl (C=O) groups is 1. The number of urea groups is 1. The van der Waals surface area contributed by atoms with Crippen LogP contribution in [-0.4, -0.2) is 34.5 Å². The molecule has 2 rings (SSSR count). The maximum Gasteiger partial charge on any atom is 0.317 e. The molecule has 0 radical (unpaired) electrons. The van der Waals surface area contributed by atoms with E-state index in [-0.39, 0.29) is 6.03 Å². The van der Waals surface area contributed by atoms with Crippen LogP contribution in [0, 0.1) is 0 Å². The number of hydrogen-bond donors (Lipinski definition) is 1. The summed E-state index contributed by atoms with van der Waals surface area (Å²) in [5.41, 5.74) is 1.04. The molecular formula is C16H20N2O3S. The Balaban J connectivity index is 1.67. The number of rotatable bonds is 7. The van der Waals surface area contributed by atoms with E-state index in [4.69, 9.17) is 4.42 Å². The minimum atomic E-state index is -0.984. The molecule has 1 aromatic carbocycles. The van der Waals surface area contributed by atoms with Crippen LogP contribution in [0.5, 0.6) is 0 Å². The normalized spacial score (nSPS) is 11.9. The molecule has 1 heterocycles. The van der Waals surface area contributed by atoms with Gasteiger partial charge in [0, 0.05) is 35.9 Å². The fourth-order valence-corrected chi connectivity index (χ4v) is 2.99. The third-order valence-corrected chi connectivity index (χ3v) is 4.41. The van der Waals surface area contributed by atoms with Gasteiger partial charge in [-0.05, 0) is 17.7 Å². The summed E-state index contributed by atoms with van der Waals surface area (Å²) in [4.78, 5) is 13.4.